The van der Waals surface area contributed by atoms with Crippen LogP contribution in [0.2, 0.25) is 0 Å². The number of thiophene rings is 1. The Hall–Kier alpha value is -1.63. The summed E-state index contributed by atoms with van der Waals surface area (Å²) in [6, 6.07) is 7.17. The van der Waals surface area contributed by atoms with Crippen molar-refractivity contribution in [2.24, 2.45) is 0 Å². The van der Waals surface area contributed by atoms with Gasteiger partial charge in [0.1, 0.15) is 0 Å². The average Bonchev–Trinajstić information content (AvgIpc) is 3.32. The number of ether oxygens (including phenoxy) is 2. The SMILES string of the molecule is CCCOc1c(I)cc(C=C2SC(=S)N(NC(=O)c3cccs3)C2=O)cc1OC. The molecular weight excluding hydrogens is 543 g/mol. The van der Waals surface area contributed by atoms with E-state index in [0.717, 1.165) is 32.3 Å². The first kappa shape index (κ1) is 22.1. The first-order valence-corrected chi connectivity index (χ1v) is 11.8. The lowest BCUT2D eigenvalue weighted by molar-refractivity contribution is -0.123. The molecule has 1 saturated heterocycles. The van der Waals surface area contributed by atoms with Crippen LogP contribution in [0.4, 0.5) is 0 Å². The smallest absolute Gasteiger partial charge is 0.285 e. The van der Waals surface area contributed by atoms with Crippen molar-refractivity contribution in [2.75, 3.05) is 13.7 Å². The molecule has 1 aliphatic rings. The van der Waals surface area contributed by atoms with Gasteiger partial charge in [0.2, 0.25) is 0 Å². The van der Waals surface area contributed by atoms with E-state index in [4.69, 9.17) is 21.7 Å². The highest BCUT2D eigenvalue weighted by atomic mass is 127. The molecule has 3 rings (SSSR count). The third-order valence-corrected chi connectivity index (χ3v) is 6.72. The molecule has 1 N–H and O–H groups in total. The first-order chi connectivity index (χ1) is 13.9. The molecule has 0 radical (unpaired) electrons. The molecule has 1 aromatic carbocycles. The molecule has 29 heavy (non-hydrogen) atoms. The molecule has 0 spiro atoms. The summed E-state index contributed by atoms with van der Waals surface area (Å²) in [5.41, 5.74) is 3.35. The second-order valence-corrected chi connectivity index (χ2v) is 9.60. The van der Waals surface area contributed by atoms with Gasteiger partial charge in [-0.25, -0.2) is 0 Å². The summed E-state index contributed by atoms with van der Waals surface area (Å²) in [5, 5.41) is 2.90. The Labute approximate surface area is 195 Å². The minimum Gasteiger partial charge on any atom is -0.493 e. The van der Waals surface area contributed by atoms with Gasteiger partial charge in [-0.3, -0.25) is 15.0 Å². The molecule has 1 fully saturated rings. The molecule has 0 aliphatic carbocycles. The molecule has 1 aromatic heterocycles. The Morgan fingerprint density at radius 3 is 2.86 bits per heavy atom. The van der Waals surface area contributed by atoms with Gasteiger partial charge in [0, 0.05) is 0 Å². The molecule has 2 heterocycles. The van der Waals surface area contributed by atoms with Gasteiger partial charge in [-0.1, -0.05) is 24.8 Å². The van der Waals surface area contributed by atoms with Gasteiger partial charge in [-0.05, 0) is 76.4 Å². The molecule has 2 amide bonds. The number of carbonyl (C=O) groups is 2. The predicted octanol–water partition coefficient (Wildman–Crippen LogP) is 4.70. The van der Waals surface area contributed by atoms with E-state index in [1.807, 2.05) is 19.1 Å². The van der Waals surface area contributed by atoms with E-state index in [2.05, 4.69) is 28.0 Å². The number of thioether (sulfide) groups is 1. The molecule has 6 nitrogen and oxygen atoms in total. The van der Waals surface area contributed by atoms with E-state index in [-0.39, 0.29) is 16.1 Å². The maximum Gasteiger partial charge on any atom is 0.285 e. The van der Waals surface area contributed by atoms with Crippen molar-refractivity contribution < 1.29 is 19.1 Å². The number of amides is 2. The van der Waals surface area contributed by atoms with E-state index >= 15 is 0 Å². The second kappa shape index (κ2) is 9.92. The van der Waals surface area contributed by atoms with E-state index in [1.54, 1.807) is 30.7 Å². The Balaban J connectivity index is 1.82. The Morgan fingerprint density at radius 1 is 1.41 bits per heavy atom. The molecule has 0 bridgehead atoms. The summed E-state index contributed by atoms with van der Waals surface area (Å²) in [4.78, 5) is 25.9. The van der Waals surface area contributed by atoms with Gasteiger partial charge in [0.05, 0.1) is 27.1 Å². The molecule has 0 atom stereocenters. The molecule has 10 heteroatoms. The van der Waals surface area contributed by atoms with Crippen LogP contribution in [0.15, 0.2) is 34.6 Å². The van der Waals surface area contributed by atoms with Crippen molar-refractivity contribution in [1.29, 1.82) is 0 Å². The Bertz CT molecular complexity index is 976. The molecule has 0 saturated carbocycles. The van der Waals surface area contributed by atoms with E-state index in [9.17, 15) is 9.59 Å². The quantitative estimate of drug-likeness (QED) is 0.301. The van der Waals surface area contributed by atoms with Crippen LogP contribution in [0.5, 0.6) is 11.5 Å². The third kappa shape index (κ3) is 5.11. The van der Waals surface area contributed by atoms with Crippen LogP contribution in [0.25, 0.3) is 6.08 Å². The van der Waals surface area contributed by atoms with Crippen LogP contribution >= 0.6 is 57.9 Å². The number of nitrogens with one attached hydrogen (secondary N) is 1. The summed E-state index contributed by atoms with van der Waals surface area (Å²) in [5.74, 6) is 0.539. The van der Waals surface area contributed by atoms with Crippen molar-refractivity contribution in [1.82, 2.24) is 10.4 Å². The number of nitrogens with zero attached hydrogens (tertiary/aromatic N) is 1. The maximum absolute atomic E-state index is 12.8. The fourth-order valence-corrected chi connectivity index (χ4v) is 5.02. The van der Waals surface area contributed by atoms with Crippen molar-refractivity contribution >= 4 is 80.1 Å². The minimum atomic E-state index is -0.370. The zero-order valence-electron chi connectivity index (χ0n) is 15.6. The lowest BCUT2D eigenvalue weighted by Crippen LogP contribution is -2.44. The lowest BCUT2D eigenvalue weighted by Gasteiger charge is -2.15. The fourth-order valence-electron chi connectivity index (χ4n) is 2.45. The van der Waals surface area contributed by atoms with Gasteiger partial charge in [-0.2, -0.15) is 5.01 Å². The van der Waals surface area contributed by atoms with Crippen LogP contribution in [0, 0.1) is 3.57 Å². The van der Waals surface area contributed by atoms with Crippen LogP contribution in [-0.4, -0.2) is 34.9 Å². The monoisotopic (exact) mass is 560 g/mol. The van der Waals surface area contributed by atoms with Crippen LogP contribution in [0.3, 0.4) is 0 Å². The second-order valence-electron chi connectivity index (χ2n) is 5.82. The molecule has 2 aromatic rings. The van der Waals surface area contributed by atoms with Crippen molar-refractivity contribution in [3.05, 3.63) is 48.6 Å². The van der Waals surface area contributed by atoms with Crippen molar-refractivity contribution in [2.45, 2.75) is 13.3 Å². The summed E-state index contributed by atoms with van der Waals surface area (Å²) >= 11 is 9.88. The molecule has 152 valence electrons. The summed E-state index contributed by atoms with van der Waals surface area (Å²) in [6.45, 7) is 2.63. The van der Waals surface area contributed by atoms with Crippen LogP contribution in [-0.2, 0) is 4.79 Å². The fraction of sp³-hybridized carbons (Fsp3) is 0.211. The van der Waals surface area contributed by atoms with Crippen molar-refractivity contribution in [3.63, 3.8) is 0 Å². The number of benzene rings is 1. The standard InChI is InChI=1S/C19H17IN2O4S3/c1-3-6-26-16-12(20)8-11(9-13(16)25-2)10-15-18(24)22(19(27)29-15)21-17(23)14-5-4-7-28-14/h4-5,7-10H,3,6H2,1-2H3,(H,21,23). The zero-order chi connectivity index (χ0) is 21.0. The lowest BCUT2D eigenvalue weighted by atomic mass is 10.2. The number of carbonyl (C=O) groups excluding carboxylic acids is 2. The first-order valence-electron chi connectivity index (χ1n) is 8.57. The van der Waals surface area contributed by atoms with E-state index in [0.29, 0.717) is 27.9 Å². The maximum atomic E-state index is 12.8. The number of hydrazine groups is 1. The Morgan fingerprint density at radius 2 is 2.21 bits per heavy atom. The van der Waals surface area contributed by atoms with Gasteiger partial charge >= 0.3 is 0 Å². The van der Waals surface area contributed by atoms with Crippen LogP contribution < -0.4 is 14.9 Å². The average molecular weight is 560 g/mol. The largest absolute Gasteiger partial charge is 0.493 e. The third-order valence-electron chi connectivity index (χ3n) is 3.75. The molecule has 1 aliphatic heterocycles. The summed E-state index contributed by atoms with van der Waals surface area (Å²) in [7, 11) is 1.58. The van der Waals surface area contributed by atoms with Gasteiger partial charge < -0.3 is 9.47 Å². The summed E-state index contributed by atoms with van der Waals surface area (Å²) < 4.78 is 12.4. The van der Waals surface area contributed by atoms with Gasteiger partial charge in [-0.15, -0.1) is 11.3 Å². The number of rotatable bonds is 7. The predicted molar refractivity (Wildman–Crippen MR) is 128 cm³/mol. The highest BCUT2D eigenvalue weighted by molar-refractivity contribution is 14.1. The number of halogens is 1. The normalized spacial score (nSPS) is 15.1. The van der Waals surface area contributed by atoms with Crippen molar-refractivity contribution in [3.8, 4) is 11.5 Å². The summed E-state index contributed by atoms with van der Waals surface area (Å²) in [6.07, 6.45) is 2.62. The van der Waals surface area contributed by atoms with Gasteiger partial charge in [0.15, 0.2) is 15.8 Å². The zero-order valence-corrected chi connectivity index (χ0v) is 20.2. The van der Waals surface area contributed by atoms with Crippen LogP contribution in [0.1, 0.15) is 28.6 Å². The van der Waals surface area contributed by atoms with E-state index < -0.39 is 0 Å². The number of methoxy groups -OCH3 is 1. The van der Waals surface area contributed by atoms with E-state index in [1.165, 1.54) is 11.3 Å². The number of hydrogen-bond acceptors (Lipinski definition) is 7. The highest BCUT2D eigenvalue weighted by Gasteiger charge is 2.34. The molecular formula is C19H17IN2O4S3. The number of hydrogen-bond donors (Lipinski definition) is 1. The highest BCUT2D eigenvalue weighted by Crippen LogP contribution is 2.37. The Kier molecular flexibility index (Phi) is 7.55. The number of thiocarbonyl (C=S) groups is 1. The molecule has 0 unspecified atom stereocenters. The minimum absolute atomic E-state index is 0.274. The topological polar surface area (TPSA) is 67.9 Å². The van der Waals surface area contributed by atoms with Gasteiger partial charge in [0.25, 0.3) is 11.8 Å².